The Balaban J connectivity index is 2.14. The van der Waals surface area contributed by atoms with Gasteiger partial charge in [0.2, 0.25) is 21.8 Å². The molecule has 0 fully saturated rings. The third-order valence-electron chi connectivity index (χ3n) is 5.19. The number of primary amides is 1. The molecule has 0 aliphatic carbocycles. The summed E-state index contributed by atoms with van der Waals surface area (Å²) in [6.45, 7) is 5.04. The number of nitrogens with one attached hydrogen (secondary N) is 2. The van der Waals surface area contributed by atoms with E-state index in [4.69, 9.17) is 21.8 Å². The number of aryl methyl sites for hydroxylation is 1. The molecule has 2 atom stereocenters. The van der Waals surface area contributed by atoms with Crippen molar-refractivity contribution in [2.75, 3.05) is 0 Å². The van der Waals surface area contributed by atoms with Gasteiger partial charge >= 0.3 is 5.76 Å². The molecule has 0 bridgehead atoms. The predicted octanol–water partition coefficient (Wildman–Crippen LogP) is 2.69. The van der Waals surface area contributed by atoms with Crippen LogP contribution >= 0.6 is 11.6 Å². The van der Waals surface area contributed by atoms with Gasteiger partial charge in [-0.05, 0) is 54.8 Å². The Hall–Kier alpha value is -3.02. The Kier molecular flexibility index (Phi) is 6.54. The zero-order valence-electron chi connectivity index (χ0n) is 17.3. The fourth-order valence-corrected chi connectivity index (χ4v) is 5.07. The van der Waals surface area contributed by atoms with Gasteiger partial charge in [-0.25, -0.2) is 22.7 Å². The number of carbonyl (C=O) groups is 1. The van der Waals surface area contributed by atoms with E-state index >= 15 is 0 Å². The smallest absolute Gasteiger partial charge is 0.391 e. The highest BCUT2D eigenvalue weighted by molar-refractivity contribution is 7.89. The van der Waals surface area contributed by atoms with E-state index in [2.05, 4.69) is 14.9 Å². The van der Waals surface area contributed by atoms with E-state index in [9.17, 15) is 22.4 Å². The molecule has 0 unspecified atom stereocenters. The average molecular weight is 483 g/mol. The number of nitrogens with zero attached hydrogens (tertiary/aromatic N) is 1. The van der Waals surface area contributed by atoms with E-state index in [1.54, 1.807) is 26.8 Å². The first-order valence-electron chi connectivity index (χ1n) is 9.35. The minimum Gasteiger partial charge on any atom is -0.391 e. The minimum absolute atomic E-state index is 0.110. The van der Waals surface area contributed by atoms with Gasteiger partial charge in [0, 0.05) is 10.9 Å². The van der Waals surface area contributed by atoms with Crippen molar-refractivity contribution in [3.63, 3.8) is 0 Å². The van der Waals surface area contributed by atoms with Crippen molar-refractivity contribution < 1.29 is 22.0 Å². The monoisotopic (exact) mass is 482 g/mol. The maximum Gasteiger partial charge on any atom is 0.434 e. The summed E-state index contributed by atoms with van der Waals surface area (Å²) in [5.74, 6) is -3.65. The number of rotatable bonds is 7. The highest BCUT2D eigenvalue weighted by atomic mass is 35.5. The maximum atomic E-state index is 14.8. The third kappa shape index (κ3) is 4.59. The lowest BCUT2D eigenvalue weighted by atomic mass is 9.88. The van der Waals surface area contributed by atoms with Crippen LogP contribution in [0.5, 0.6) is 0 Å². The third-order valence-corrected chi connectivity index (χ3v) is 6.92. The van der Waals surface area contributed by atoms with E-state index in [0.717, 1.165) is 17.7 Å². The summed E-state index contributed by atoms with van der Waals surface area (Å²) in [4.78, 5) is 22.9. The summed E-state index contributed by atoms with van der Waals surface area (Å²) >= 11 is 5.87. The van der Waals surface area contributed by atoms with Gasteiger partial charge in [-0.2, -0.15) is 4.72 Å². The minimum atomic E-state index is -4.43. The summed E-state index contributed by atoms with van der Waals surface area (Å²) in [6.07, 6.45) is 0. The lowest BCUT2D eigenvalue weighted by Crippen LogP contribution is -2.34. The van der Waals surface area contributed by atoms with Gasteiger partial charge in [-0.3, -0.25) is 4.79 Å². The van der Waals surface area contributed by atoms with Gasteiger partial charge in [0.1, 0.15) is 11.9 Å². The molecule has 0 saturated heterocycles. The summed E-state index contributed by atoms with van der Waals surface area (Å²) in [5.41, 5.74) is 6.58. The topological polar surface area (TPSA) is 148 Å². The van der Waals surface area contributed by atoms with Gasteiger partial charge < -0.3 is 10.2 Å². The molecule has 170 valence electrons. The number of benzene rings is 2. The second-order valence-electron chi connectivity index (χ2n) is 7.25. The van der Waals surface area contributed by atoms with E-state index in [-0.39, 0.29) is 22.0 Å². The molecule has 9 nitrogen and oxygen atoms in total. The standard InChI is InChI=1S/C20H20ClFN4O5S/c1-9-4-6-14(22)16(10(9)2)11(3)17(19-24-25-20(28)31-19)26-32(29,30)15-7-5-12(21)8-13(15)18(23)27/h4-8,11,17,26H,1-3H3,(H2,23,27)(H,25,28)/t11-,17+/m0/s1. The number of H-pyrrole nitrogens is 1. The van der Waals surface area contributed by atoms with Crippen molar-refractivity contribution in [1.82, 2.24) is 14.9 Å². The van der Waals surface area contributed by atoms with Gasteiger partial charge in [-0.15, -0.1) is 5.10 Å². The second kappa shape index (κ2) is 8.85. The Morgan fingerprint density at radius 1 is 1.28 bits per heavy atom. The van der Waals surface area contributed by atoms with E-state index in [0.29, 0.717) is 5.56 Å². The zero-order chi connectivity index (χ0) is 23.8. The summed E-state index contributed by atoms with van der Waals surface area (Å²) in [6, 6.07) is 5.08. The van der Waals surface area contributed by atoms with Crippen molar-refractivity contribution in [3.05, 3.63) is 79.9 Å². The normalized spacial score (nSPS) is 13.7. The van der Waals surface area contributed by atoms with Crippen LogP contribution in [-0.4, -0.2) is 24.5 Å². The van der Waals surface area contributed by atoms with Gasteiger partial charge in [0.05, 0.1) is 10.5 Å². The lowest BCUT2D eigenvalue weighted by molar-refractivity contribution is 0.0997. The number of hydrogen-bond acceptors (Lipinski definition) is 6. The number of amides is 1. The number of halogens is 2. The Morgan fingerprint density at radius 3 is 2.56 bits per heavy atom. The van der Waals surface area contributed by atoms with Crippen molar-refractivity contribution in [2.24, 2.45) is 5.73 Å². The molecule has 2 aromatic carbocycles. The van der Waals surface area contributed by atoms with Gasteiger partial charge in [0.15, 0.2) is 0 Å². The molecule has 32 heavy (non-hydrogen) atoms. The van der Waals surface area contributed by atoms with Crippen LogP contribution in [-0.2, 0) is 10.0 Å². The molecule has 0 aliphatic rings. The molecular weight excluding hydrogens is 463 g/mol. The molecule has 4 N–H and O–H groups in total. The van der Waals surface area contributed by atoms with E-state index in [1.165, 1.54) is 12.1 Å². The molecular formula is C20H20ClFN4O5S. The fraction of sp³-hybridized carbons (Fsp3) is 0.250. The van der Waals surface area contributed by atoms with Gasteiger partial charge in [-0.1, -0.05) is 24.6 Å². The second-order valence-corrected chi connectivity index (χ2v) is 9.37. The lowest BCUT2D eigenvalue weighted by Gasteiger charge is -2.25. The summed E-state index contributed by atoms with van der Waals surface area (Å²) in [7, 11) is -4.43. The van der Waals surface area contributed by atoms with Crippen LogP contribution in [0.1, 0.15) is 51.8 Å². The first-order valence-corrected chi connectivity index (χ1v) is 11.2. The highest BCUT2D eigenvalue weighted by Crippen LogP contribution is 2.35. The molecule has 0 spiro atoms. The quantitative estimate of drug-likeness (QED) is 0.471. The SMILES string of the molecule is Cc1ccc(F)c([C@H](C)[C@@H](NS(=O)(=O)c2ccc(Cl)cc2C(N)=O)c2n[nH]c(=O)o2)c1C. The first-order chi connectivity index (χ1) is 14.9. The van der Waals surface area contributed by atoms with Crippen LogP contribution in [0, 0.1) is 19.7 Å². The molecule has 3 aromatic rings. The molecule has 0 saturated carbocycles. The van der Waals surface area contributed by atoms with Crippen molar-refractivity contribution in [1.29, 1.82) is 0 Å². The summed E-state index contributed by atoms with van der Waals surface area (Å²) in [5, 5.41) is 5.90. The number of sulfonamides is 1. The average Bonchev–Trinajstić information content (AvgIpc) is 3.15. The molecule has 0 radical (unpaired) electrons. The van der Waals surface area contributed by atoms with Crippen LogP contribution in [0.15, 0.2) is 44.4 Å². The van der Waals surface area contributed by atoms with E-state index in [1.807, 2.05) is 0 Å². The molecule has 0 aliphatic heterocycles. The number of aromatic amines is 1. The number of hydrogen-bond donors (Lipinski definition) is 3. The van der Waals surface area contributed by atoms with Gasteiger partial charge in [0.25, 0.3) is 0 Å². The van der Waals surface area contributed by atoms with Crippen LogP contribution in [0.25, 0.3) is 0 Å². The Morgan fingerprint density at radius 2 is 1.97 bits per heavy atom. The Labute approximate surface area is 187 Å². The molecule has 1 amide bonds. The number of nitrogens with two attached hydrogens (primary N) is 1. The molecule has 1 heterocycles. The predicted molar refractivity (Wildman–Crippen MR) is 114 cm³/mol. The zero-order valence-corrected chi connectivity index (χ0v) is 18.8. The highest BCUT2D eigenvalue weighted by Gasteiger charge is 2.34. The van der Waals surface area contributed by atoms with Crippen molar-refractivity contribution in [3.8, 4) is 0 Å². The van der Waals surface area contributed by atoms with Crippen molar-refractivity contribution >= 4 is 27.5 Å². The molecule has 12 heteroatoms. The molecule has 1 aromatic heterocycles. The van der Waals surface area contributed by atoms with E-state index < -0.39 is 44.4 Å². The van der Waals surface area contributed by atoms with Crippen LogP contribution in [0.2, 0.25) is 5.02 Å². The van der Waals surface area contributed by atoms with Crippen LogP contribution < -0.4 is 16.2 Å². The number of carbonyl (C=O) groups excluding carboxylic acids is 1. The largest absolute Gasteiger partial charge is 0.434 e. The maximum absolute atomic E-state index is 14.8. The fourth-order valence-electron chi connectivity index (χ4n) is 3.43. The Bertz CT molecular complexity index is 1350. The summed E-state index contributed by atoms with van der Waals surface area (Å²) < 4.78 is 48.6. The van der Waals surface area contributed by atoms with Crippen LogP contribution in [0.3, 0.4) is 0 Å². The molecule has 3 rings (SSSR count). The van der Waals surface area contributed by atoms with Crippen LogP contribution in [0.4, 0.5) is 4.39 Å². The van der Waals surface area contributed by atoms with Crippen molar-refractivity contribution in [2.45, 2.75) is 37.6 Å². The number of aromatic nitrogens is 2. The first kappa shape index (κ1) is 23.6.